The Morgan fingerprint density at radius 2 is 2.42 bits per heavy atom. The fraction of sp³-hybridized carbons (Fsp3) is 0.571. The van der Waals surface area contributed by atoms with Crippen molar-refractivity contribution in [3.05, 3.63) is 18.2 Å². The highest BCUT2D eigenvalue weighted by Gasteiger charge is 1.98. The van der Waals surface area contributed by atoms with Crippen LogP contribution in [-0.2, 0) is 17.9 Å². The van der Waals surface area contributed by atoms with Crippen molar-refractivity contribution in [3.63, 3.8) is 0 Å². The van der Waals surface area contributed by atoms with E-state index in [-0.39, 0.29) is 19.0 Å². The lowest BCUT2D eigenvalue weighted by Gasteiger charge is -2.03. The Kier molecular flexibility index (Phi) is 5.70. The molecule has 0 bridgehead atoms. The lowest BCUT2D eigenvalue weighted by Crippen LogP contribution is -2.06. The van der Waals surface area contributed by atoms with Crippen molar-refractivity contribution in [1.82, 2.24) is 9.55 Å². The summed E-state index contributed by atoms with van der Waals surface area (Å²) in [4.78, 5) is 3.89. The third-order valence-electron chi connectivity index (χ3n) is 1.50. The molecular formula is C7H13ClN2O2. The molecule has 0 unspecified atom stereocenters. The van der Waals surface area contributed by atoms with Crippen LogP contribution in [0.15, 0.2) is 12.5 Å². The van der Waals surface area contributed by atoms with Gasteiger partial charge in [0.15, 0.2) is 0 Å². The van der Waals surface area contributed by atoms with Gasteiger partial charge in [0, 0.05) is 13.7 Å². The lowest BCUT2D eigenvalue weighted by atomic mass is 10.5. The summed E-state index contributed by atoms with van der Waals surface area (Å²) in [5.74, 6) is 0. The van der Waals surface area contributed by atoms with Gasteiger partial charge in [-0.3, -0.25) is 0 Å². The van der Waals surface area contributed by atoms with Crippen LogP contribution < -0.4 is 0 Å². The number of imidazole rings is 1. The first-order chi connectivity index (χ1) is 5.38. The Morgan fingerprint density at radius 3 is 3.00 bits per heavy atom. The van der Waals surface area contributed by atoms with Crippen LogP contribution in [0.2, 0.25) is 0 Å². The fourth-order valence-electron chi connectivity index (χ4n) is 0.871. The minimum Gasteiger partial charge on any atom is -0.390 e. The molecule has 0 spiro atoms. The average Bonchev–Trinajstić information content (AvgIpc) is 2.47. The summed E-state index contributed by atoms with van der Waals surface area (Å²) >= 11 is 0. The zero-order valence-electron chi connectivity index (χ0n) is 6.93. The molecule has 1 heterocycles. The minimum absolute atomic E-state index is 0. The van der Waals surface area contributed by atoms with Crippen molar-refractivity contribution in [2.75, 3.05) is 13.7 Å². The maximum atomic E-state index is 8.81. The van der Waals surface area contributed by atoms with Gasteiger partial charge in [0.25, 0.3) is 0 Å². The lowest BCUT2D eigenvalue weighted by molar-refractivity contribution is 0.183. The van der Waals surface area contributed by atoms with Crippen LogP contribution in [0.25, 0.3) is 0 Å². The van der Waals surface area contributed by atoms with Crippen LogP contribution in [-0.4, -0.2) is 28.4 Å². The normalized spacial score (nSPS) is 9.50. The number of aliphatic hydroxyl groups is 1. The van der Waals surface area contributed by atoms with Crippen molar-refractivity contribution in [3.8, 4) is 0 Å². The van der Waals surface area contributed by atoms with E-state index in [0.717, 1.165) is 12.2 Å². The van der Waals surface area contributed by atoms with E-state index in [1.165, 1.54) is 0 Å². The molecule has 0 aliphatic rings. The van der Waals surface area contributed by atoms with Gasteiger partial charge in [-0.1, -0.05) is 0 Å². The van der Waals surface area contributed by atoms with Gasteiger partial charge < -0.3 is 14.4 Å². The number of aliphatic hydroxyl groups excluding tert-OH is 1. The van der Waals surface area contributed by atoms with Crippen LogP contribution in [0, 0.1) is 0 Å². The number of rotatable bonds is 4. The van der Waals surface area contributed by atoms with Crippen LogP contribution in [0.1, 0.15) is 5.69 Å². The molecule has 0 amide bonds. The predicted octanol–water partition coefficient (Wildman–Crippen LogP) is 0.444. The van der Waals surface area contributed by atoms with Crippen LogP contribution >= 0.6 is 12.4 Å². The molecular weight excluding hydrogens is 180 g/mol. The van der Waals surface area contributed by atoms with E-state index >= 15 is 0 Å². The maximum absolute atomic E-state index is 8.81. The van der Waals surface area contributed by atoms with E-state index in [2.05, 4.69) is 4.98 Å². The molecule has 0 aliphatic carbocycles. The van der Waals surface area contributed by atoms with E-state index in [0.29, 0.717) is 6.61 Å². The highest BCUT2D eigenvalue weighted by atomic mass is 35.5. The summed E-state index contributed by atoms with van der Waals surface area (Å²) in [6, 6.07) is 0. The number of nitrogens with zero attached hydrogens (tertiary/aromatic N) is 2. The van der Waals surface area contributed by atoms with Crippen molar-refractivity contribution in [2.24, 2.45) is 0 Å². The molecule has 0 aromatic carbocycles. The molecule has 70 valence electrons. The topological polar surface area (TPSA) is 47.3 Å². The zero-order valence-corrected chi connectivity index (χ0v) is 7.75. The van der Waals surface area contributed by atoms with Gasteiger partial charge in [0.1, 0.15) is 0 Å². The Balaban J connectivity index is 0.00000121. The van der Waals surface area contributed by atoms with Crippen LogP contribution in [0.3, 0.4) is 0 Å². The van der Waals surface area contributed by atoms with Crippen molar-refractivity contribution < 1.29 is 9.84 Å². The van der Waals surface area contributed by atoms with Gasteiger partial charge >= 0.3 is 0 Å². The molecule has 12 heavy (non-hydrogen) atoms. The average molecular weight is 193 g/mol. The number of methoxy groups -OCH3 is 1. The summed E-state index contributed by atoms with van der Waals surface area (Å²) in [7, 11) is 1.65. The Hall–Kier alpha value is -0.580. The monoisotopic (exact) mass is 192 g/mol. The van der Waals surface area contributed by atoms with Gasteiger partial charge in [0.05, 0.1) is 31.4 Å². The molecule has 1 aromatic rings. The summed E-state index contributed by atoms with van der Waals surface area (Å²) in [5.41, 5.74) is 0.821. The van der Waals surface area contributed by atoms with Crippen molar-refractivity contribution >= 4 is 12.4 Å². The third-order valence-corrected chi connectivity index (χ3v) is 1.50. The van der Waals surface area contributed by atoms with Gasteiger partial charge in [-0.25, -0.2) is 4.98 Å². The van der Waals surface area contributed by atoms with E-state index < -0.39 is 0 Å². The molecule has 0 radical (unpaired) electrons. The van der Waals surface area contributed by atoms with Gasteiger partial charge in [-0.15, -0.1) is 12.4 Å². The predicted molar refractivity (Wildman–Crippen MR) is 47.3 cm³/mol. The Labute approximate surface area is 77.6 Å². The van der Waals surface area contributed by atoms with Crippen molar-refractivity contribution in [1.29, 1.82) is 0 Å². The smallest absolute Gasteiger partial charge is 0.0949 e. The Morgan fingerprint density at radius 1 is 1.67 bits per heavy atom. The first kappa shape index (κ1) is 11.4. The largest absolute Gasteiger partial charge is 0.390 e. The third kappa shape index (κ3) is 2.81. The molecule has 0 saturated carbocycles. The fourth-order valence-corrected chi connectivity index (χ4v) is 0.871. The van der Waals surface area contributed by atoms with E-state index in [9.17, 15) is 0 Å². The SMILES string of the molecule is COCCn1cncc1CO.Cl. The van der Waals surface area contributed by atoms with Crippen LogP contribution in [0.5, 0.6) is 0 Å². The molecule has 0 atom stereocenters. The first-order valence-corrected chi connectivity index (χ1v) is 3.47. The molecule has 0 fully saturated rings. The molecule has 1 N–H and O–H groups in total. The quantitative estimate of drug-likeness (QED) is 0.754. The number of hydrogen-bond donors (Lipinski definition) is 1. The van der Waals surface area contributed by atoms with Gasteiger partial charge in [0.2, 0.25) is 0 Å². The second-order valence-corrected chi connectivity index (χ2v) is 2.23. The molecule has 1 rings (SSSR count). The van der Waals surface area contributed by atoms with Gasteiger partial charge in [-0.2, -0.15) is 0 Å². The second-order valence-electron chi connectivity index (χ2n) is 2.23. The molecule has 0 aliphatic heterocycles. The first-order valence-electron chi connectivity index (χ1n) is 3.47. The van der Waals surface area contributed by atoms with E-state index in [4.69, 9.17) is 9.84 Å². The molecule has 1 aromatic heterocycles. The maximum Gasteiger partial charge on any atom is 0.0949 e. The highest BCUT2D eigenvalue weighted by molar-refractivity contribution is 5.85. The van der Waals surface area contributed by atoms with Crippen molar-refractivity contribution in [2.45, 2.75) is 13.2 Å². The van der Waals surface area contributed by atoms with Crippen LogP contribution in [0.4, 0.5) is 0 Å². The van der Waals surface area contributed by atoms with E-state index in [1.807, 2.05) is 4.57 Å². The summed E-state index contributed by atoms with van der Waals surface area (Å²) in [6.07, 6.45) is 3.33. The number of hydrogen-bond acceptors (Lipinski definition) is 3. The number of aromatic nitrogens is 2. The Bertz CT molecular complexity index is 215. The molecule has 4 nitrogen and oxygen atoms in total. The number of ether oxygens (including phenoxy) is 1. The van der Waals surface area contributed by atoms with E-state index in [1.54, 1.807) is 19.6 Å². The summed E-state index contributed by atoms with van der Waals surface area (Å²) in [5, 5.41) is 8.81. The van der Waals surface area contributed by atoms with Gasteiger partial charge in [-0.05, 0) is 0 Å². The molecule has 5 heteroatoms. The number of halogens is 1. The summed E-state index contributed by atoms with van der Waals surface area (Å²) in [6.45, 7) is 1.42. The molecule has 0 saturated heterocycles. The summed E-state index contributed by atoms with van der Waals surface area (Å²) < 4.78 is 6.75. The highest BCUT2D eigenvalue weighted by Crippen LogP contribution is 1.97. The minimum atomic E-state index is 0. The standard InChI is InChI=1S/C7H12N2O2.ClH/c1-11-3-2-9-6-8-4-7(9)5-10;/h4,6,10H,2-3,5H2,1H3;1H. The zero-order chi connectivity index (χ0) is 8.10. The second kappa shape index (κ2) is 5.99.